The third kappa shape index (κ3) is 4.55. The van der Waals surface area contributed by atoms with E-state index in [9.17, 15) is 9.18 Å². The normalized spacial score (nSPS) is 11.9. The molecule has 1 heterocycles. The molecule has 1 aromatic heterocycles. The van der Waals surface area contributed by atoms with Crippen molar-refractivity contribution in [3.63, 3.8) is 0 Å². The number of hydrogen-bond donors (Lipinski definition) is 1. The molecule has 7 nitrogen and oxygen atoms in total. The van der Waals surface area contributed by atoms with E-state index in [1.165, 1.54) is 23.9 Å². The first kappa shape index (κ1) is 19.1. The molecular formula is C17H15ClFN5O2S. The Kier molecular flexibility index (Phi) is 5.92. The van der Waals surface area contributed by atoms with Gasteiger partial charge in [-0.25, -0.2) is 4.39 Å². The number of methoxy groups -OCH3 is 1. The monoisotopic (exact) mass is 407 g/mol. The first-order valence-corrected chi connectivity index (χ1v) is 9.09. The third-order valence-corrected chi connectivity index (χ3v) is 4.83. The second kappa shape index (κ2) is 8.36. The number of hydrogen-bond acceptors (Lipinski definition) is 6. The van der Waals surface area contributed by atoms with Gasteiger partial charge < -0.3 is 10.1 Å². The first-order chi connectivity index (χ1) is 13.0. The van der Waals surface area contributed by atoms with Crippen LogP contribution >= 0.6 is 23.4 Å². The van der Waals surface area contributed by atoms with Crippen molar-refractivity contribution in [1.29, 1.82) is 0 Å². The van der Waals surface area contributed by atoms with E-state index in [1.807, 2.05) is 0 Å². The number of carbonyl (C=O) groups is 1. The molecule has 0 fully saturated rings. The van der Waals surface area contributed by atoms with Gasteiger partial charge >= 0.3 is 0 Å². The second-order valence-electron chi connectivity index (χ2n) is 5.45. The van der Waals surface area contributed by atoms with E-state index in [4.69, 9.17) is 16.3 Å². The number of rotatable bonds is 6. The SMILES string of the molecule is COc1ccc(Cl)cc1NC(=O)[C@H](C)Sc1nnnn1-c1cccc(F)c1. The van der Waals surface area contributed by atoms with Gasteiger partial charge in [0, 0.05) is 5.02 Å². The summed E-state index contributed by atoms with van der Waals surface area (Å²) in [5.41, 5.74) is 0.929. The Labute approximate surface area is 163 Å². The number of benzene rings is 2. The molecule has 0 aliphatic heterocycles. The van der Waals surface area contributed by atoms with Crippen molar-refractivity contribution in [2.75, 3.05) is 12.4 Å². The Morgan fingerprint density at radius 1 is 1.33 bits per heavy atom. The molecule has 2 aromatic carbocycles. The summed E-state index contributed by atoms with van der Waals surface area (Å²) in [4.78, 5) is 12.6. The minimum atomic E-state index is -0.535. The van der Waals surface area contributed by atoms with Crippen LogP contribution in [0.5, 0.6) is 5.75 Å². The zero-order valence-electron chi connectivity index (χ0n) is 14.4. The molecule has 1 atom stereocenters. The Morgan fingerprint density at radius 2 is 2.15 bits per heavy atom. The highest BCUT2D eigenvalue weighted by Gasteiger charge is 2.20. The van der Waals surface area contributed by atoms with Crippen LogP contribution in [0.25, 0.3) is 5.69 Å². The zero-order valence-corrected chi connectivity index (χ0v) is 16.0. The highest BCUT2D eigenvalue weighted by atomic mass is 35.5. The van der Waals surface area contributed by atoms with Crippen molar-refractivity contribution in [2.45, 2.75) is 17.3 Å². The molecule has 1 N–H and O–H groups in total. The Hall–Kier alpha value is -2.65. The minimum Gasteiger partial charge on any atom is -0.495 e. The molecule has 0 radical (unpaired) electrons. The van der Waals surface area contributed by atoms with Crippen molar-refractivity contribution >= 4 is 35.0 Å². The van der Waals surface area contributed by atoms with E-state index >= 15 is 0 Å². The smallest absolute Gasteiger partial charge is 0.237 e. The van der Waals surface area contributed by atoms with E-state index in [1.54, 1.807) is 37.3 Å². The van der Waals surface area contributed by atoms with Crippen LogP contribution in [-0.4, -0.2) is 38.5 Å². The van der Waals surface area contributed by atoms with Crippen LogP contribution in [-0.2, 0) is 4.79 Å². The van der Waals surface area contributed by atoms with E-state index < -0.39 is 11.1 Å². The summed E-state index contributed by atoms with van der Waals surface area (Å²) in [7, 11) is 1.50. The van der Waals surface area contributed by atoms with Crippen molar-refractivity contribution < 1.29 is 13.9 Å². The number of ether oxygens (including phenoxy) is 1. The fraction of sp³-hybridized carbons (Fsp3) is 0.176. The van der Waals surface area contributed by atoms with Crippen molar-refractivity contribution in [3.8, 4) is 11.4 Å². The van der Waals surface area contributed by atoms with Crippen molar-refractivity contribution in [2.24, 2.45) is 0 Å². The average molecular weight is 408 g/mol. The van der Waals surface area contributed by atoms with Gasteiger partial charge in [-0.15, -0.1) is 5.10 Å². The first-order valence-electron chi connectivity index (χ1n) is 7.83. The average Bonchev–Trinajstić information content (AvgIpc) is 3.10. The van der Waals surface area contributed by atoms with Crippen LogP contribution in [0, 0.1) is 5.82 Å². The lowest BCUT2D eigenvalue weighted by molar-refractivity contribution is -0.115. The molecule has 0 saturated carbocycles. The number of anilines is 1. The predicted molar refractivity (Wildman–Crippen MR) is 101 cm³/mol. The highest BCUT2D eigenvalue weighted by Crippen LogP contribution is 2.29. The summed E-state index contributed by atoms with van der Waals surface area (Å²) in [5.74, 6) is -0.193. The van der Waals surface area contributed by atoms with Crippen LogP contribution in [0.2, 0.25) is 5.02 Å². The summed E-state index contributed by atoms with van der Waals surface area (Å²) in [6.07, 6.45) is 0. The maximum Gasteiger partial charge on any atom is 0.237 e. The van der Waals surface area contributed by atoms with E-state index in [0.29, 0.717) is 27.3 Å². The summed E-state index contributed by atoms with van der Waals surface area (Å²) in [5, 5.41) is 14.5. The van der Waals surface area contributed by atoms with Gasteiger partial charge in [0.15, 0.2) is 0 Å². The number of amides is 1. The maximum absolute atomic E-state index is 13.5. The summed E-state index contributed by atoms with van der Waals surface area (Å²) >= 11 is 7.12. The van der Waals surface area contributed by atoms with Crippen molar-refractivity contribution in [1.82, 2.24) is 20.2 Å². The van der Waals surface area contributed by atoms with Gasteiger partial charge in [-0.05, 0) is 53.7 Å². The molecule has 0 spiro atoms. The van der Waals surface area contributed by atoms with E-state index in [-0.39, 0.29) is 5.91 Å². The van der Waals surface area contributed by atoms with Gasteiger partial charge in [0.2, 0.25) is 11.1 Å². The number of thioether (sulfide) groups is 1. The van der Waals surface area contributed by atoms with Crippen LogP contribution in [0.4, 0.5) is 10.1 Å². The molecule has 0 saturated heterocycles. The molecule has 3 aromatic rings. The number of nitrogens with zero attached hydrogens (tertiary/aromatic N) is 4. The fourth-order valence-electron chi connectivity index (χ4n) is 2.25. The lowest BCUT2D eigenvalue weighted by Gasteiger charge is -2.14. The zero-order chi connectivity index (χ0) is 19.4. The Balaban J connectivity index is 1.75. The van der Waals surface area contributed by atoms with Gasteiger partial charge in [-0.1, -0.05) is 29.4 Å². The third-order valence-electron chi connectivity index (χ3n) is 3.56. The number of halogens is 2. The molecule has 0 aliphatic carbocycles. The van der Waals surface area contributed by atoms with Gasteiger partial charge in [-0.2, -0.15) is 4.68 Å². The number of aromatic nitrogens is 4. The van der Waals surface area contributed by atoms with Crippen LogP contribution in [0.15, 0.2) is 47.6 Å². The minimum absolute atomic E-state index is 0.283. The summed E-state index contributed by atoms with van der Waals surface area (Å²) in [6, 6.07) is 10.8. The highest BCUT2D eigenvalue weighted by molar-refractivity contribution is 8.00. The lowest BCUT2D eigenvalue weighted by atomic mass is 10.3. The summed E-state index contributed by atoms with van der Waals surface area (Å²) < 4.78 is 20.0. The van der Waals surface area contributed by atoms with Crippen LogP contribution in [0.1, 0.15) is 6.92 Å². The van der Waals surface area contributed by atoms with Crippen LogP contribution < -0.4 is 10.1 Å². The molecule has 140 valence electrons. The molecule has 0 unspecified atom stereocenters. The van der Waals surface area contributed by atoms with E-state index in [0.717, 1.165) is 11.8 Å². The standard InChI is InChI=1S/C17H15ClFN5O2S/c1-10(16(25)20-14-8-11(18)6-7-15(14)26-2)27-17-21-22-23-24(17)13-5-3-4-12(19)9-13/h3-10H,1-2H3,(H,20,25)/t10-/m0/s1. The number of carbonyl (C=O) groups excluding carboxylic acids is 1. The lowest BCUT2D eigenvalue weighted by Crippen LogP contribution is -2.23. The van der Waals surface area contributed by atoms with Crippen molar-refractivity contribution in [3.05, 3.63) is 53.3 Å². The van der Waals surface area contributed by atoms with E-state index in [2.05, 4.69) is 20.8 Å². The largest absolute Gasteiger partial charge is 0.495 e. The van der Waals surface area contributed by atoms with Crippen LogP contribution in [0.3, 0.4) is 0 Å². The Morgan fingerprint density at radius 3 is 2.89 bits per heavy atom. The summed E-state index contributed by atoms with van der Waals surface area (Å²) in [6.45, 7) is 1.71. The topological polar surface area (TPSA) is 81.9 Å². The molecular weight excluding hydrogens is 393 g/mol. The molecule has 0 bridgehead atoms. The number of nitrogens with one attached hydrogen (secondary N) is 1. The Bertz CT molecular complexity index is 968. The molecule has 3 rings (SSSR count). The second-order valence-corrected chi connectivity index (χ2v) is 7.19. The van der Waals surface area contributed by atoms with Gasteiger partial charge in [0.05, 0.1) is 23.7 Å². The van der Waals surface area contributed by atoms with Gasteiger partial charge in [-0.3, -0.25) is 4.79 Å². The molecule has 0 aliphatic rings. The molecule has 1 amide bonds. The predicted octanol–water partition coefficient (Wildman–Crippen LogP) is 3.58. The van der Waals surface area contributed by atoms with Gasteiger partial charge in [0.1, 0.15) is 11.6 Å². The quantitative estimate of drug-likeness (QED) is 0.629. The fourth-order valence-corrected chi connectivity index (χ4v) is 3.23. The maximum atomic E-state index is 13.5. The van der Waals surface area contributed by atoms with Gasteiger partial charge in [0.25, 0.3) is 0 Å². The molecule has 27 heavy (non-hydrogen) atoms. The number of tetrazole rings is 1. The molecule has 10 heteroatoms.